The van der Waals surface area contributed by atoms with E-state index in [1.54, 1.807) is 37.3 Å². The number of carbonyl (C=O) groups excluding carboxylic acids is 2. The number of hydrogen-bond donors (Lipinski definition) is 2. The average Bonchev–Trinajstić information content (AvgIpc) is 3.49. The van der Waals surface area contributed by atoms with E-state index < -0.39 is 0 Å². The number of aryl methyl sites for hydroxylation is 1. The largest absolute Gasteiger partial charge is 0.459 e. The van der Waals surface area contributed by atoms with E-state index in [1.165, 1.54) is 18.0 Å². The summed E-state index contributed by atoms with van der Waals surface area (Å²) in [5, 5.41) is 9.59. The van der Waals surface area contributed by atoms with Crippen LogP contribution in [-0.2, 0) is 12.3 Å². The van der Waals surface area contributed by atoms with Crippen LogP contribution in [0.1, 0.15) is 38.2 Å². The minimum absolute atomic E-state index is 0.192. The summed E-state index contributed by atoms with van der Waals surface area (Å²) in [5.41, 5.74) is 2.03. The number of nitrogens with one attached hydrogen (secondary N) is 2. The second-order valence-electron chi connectivity index (χ2n) is 6.83. The number of nitrogens with zero attached hydrogens (tertiary/aromatic N) is 2. The monoisotopic (exact) mass is 448 g/mol. The van der Waals surface area contributed by atoms with Crippen molar-refractivity contribution >= 4 is 29.3 Å². The molecule has 2 amide bonds. The van der Waals surface area contributed by atoms with Crippen LogP contribution < -0.4 is 10.6 Å². The first-order valence-electron chi connectivity index (χ1n) is 9.81. The van der Waals surface area contributed by atoms with E-state index in [0.29, 0.717) is 35.3 Å². The predicted octanol–water partition coefficient (Wildman–Crippen LogP) is 4.45. The molecule has 4 rings (SSSR count). The number of furan rings is 1. The molecule has 0 fully saturated rings. The molecule has 8 nitrogen and oxygen atoms in total. The normalized spacial score (nSPS) is 10.7. The van der Waals surface area contributed by atoms with Gasteiger partial charge < -0.3 is 19.6 Å². The number of rotatable bonds is 8. The van der Waals surface area contributed by atoms with Crippen molar-refractivity contribution < 1.29 is 18.5 Å². The molecule has 0 bridgehead atoms. The van der Waals surface area contributed by atoms with Crippen LogP contribution in [0.15, 0.2) is 80.8 Å². The lowest BCUT2D eigenvalue weighted by molar-refractivity contribution is 0.0946. The molecule has 0 spiro atoms. The van der Waals surface area contributed by atoms with Crippen LogP contribution in [0.2, 0.25) is 0 Å². The third-order valence-corrected chi connectivity index (χ3v) is 5.51. The highest BCUT2D eigenvalue weighted by molar-refractivity contribution is 7.98. The molecule has 0 aliphatic heterocycles. The molecule has 0 aliphatic rings. The molecule has 2 aromatic heterocycles. The second kappa shape index (κ2) is 9.97. The van der Waals surface area contributed by atoms with Crippen molar-refractivity contribution in [2.75, 3.05) is 5.32 Å². The van der Waals surface area contributed by atoms with E-state index in [9.17, 15) is 9.59 Å². The summed E-state index contributed by atoms with van der Waals surface area (Å²) in [6.45, 7) is 2.05. The Morgan fingerprint density at radius 2 is 1.91 bits per heavy atom. The zero-order chi connectivity index (χ0) is 22.3. The second-order valence-corrected chi connectivity index (χ2v) is 7.85. The highest BCUT2D eigenvalue weighted by Gasteiger charge is 2.13. The first-order valence-corrected chi connectivity index (χ1v) is 10.8. The maximum Gasteiger partial charge on any atom is 0.291 e. The van der Waals surface area contributed by atoms with Crippen LogP contribution in [0.4, 0.5) is 5.69 Å². The Kier molecular flexibility index (Phi) is 6.66. The smallest absolute Gasteiger partial charge is 0.291 e. The quantitative estimate of drug-likeness (QED) is 0.383. The average molecular weight is 449 g/mol. The first kappa shape index (κ1) is 21.4. The Morgan fingerprint density at radius 1 is 1.03 bits per heavy atom. The number of thioether (sulfide) groups is 1. The molecular weight excluding hydrogens is 428 g/mol. The maximum atomic E-state index is 12.8. The fourth-order valence-corrected chi connectivity index (χ4v) is 3.85. The molecule has 0 saturated heterocycles. The SMILES string of the molecule is Cc1nc(CSc2ccccc2C(=O)NCc2cccc(NC(=O)c3ccco3)c2)no1. The standard InChI is InChI=1S/C23H20N4O4S/c1-15-25-21(27-31-15)14-32-20-10-3-2-8-18(20)22(28)24-13-16-6-4-7-17(12-16)26-23(29)19-9-5-11-30-19/h2-12H,13-14H2,1H3,(H,24,28)(H,26,29). The number of hydrogen-bond acceptors (Lipinski definition) is 7. The van der Waals surface area contributed by atoms with Gasteiger partial charge in [-0.15, -0.1) is 11.8 Å². The summed E-state index contributed by atoms with van der Waals surface area (Å²) >= 11 is 1.47. The lowest BCUT2D eigenvalue weighted by atomic mass is 10.1. The molecular formula is C23H20N4O4S. The van der Waals surface area contributed by atoms with Gasteiger partial charge in [0.25, 0.3) is 11.8 Å². The molecule has 32 heavy (non-hydrogen) atoms. The molecule has 0 radical (unpaired) electrons. The molecule has 2 N–H and O–H groups in total. The Labute approximate surface area is 188 Å². The van der Waals surface area contributed by atoms with Crippen LogP contribution in [0.5, 0.6) is 0 Å². The molecule has 0 aliphatic carbocycles. The first-order chi connectivity index (χ1) is 15.6. The minimum Gasteiger partial charge on any atom is -0.459 e. The zero-order valence-electron chi connectivity index (χ0n) is 17.2. The van der Waals surface area contributed by atoms with Crippen LogP contribution >= 0.6 is 11.8 Å². The Morgan fingerprint density at radius 3 is 2.69 bits per heavy atom. The van der Waals surface area contributed by atoms with Crippen molar-refractivity contribution in [2.45, 2.75) is 24.1 Å². The molecule has 162 valence electrons. The van der Waals surface area contributed by atoms with Crippen molar-refractivity contribution in [3.63, 3.8) is 0 Å². The Hall–Kier alpha value is -3.85. The van der Waals surface area contributed by atoms with Crippen LogP contribution in [-0.4, -0.2) is 22.0 Å². The van der Waals surface area contributed by atoms with E-state index in [1.807, 2.05) is 30.3 Å². The third-order valence-electron chi connectivity index (χ3n) is 4.44. The van der Waals surface area contributed by atoms with Gasteiger partial charge in [-0.1, -0.05) is 29.4 Å². The molecule has 0 atom stereocenters. The molecule has 2 heterocycles. The van der Waals surface area contributed by atoms with Gasteiger partial charge >= 0.3 is 0 Å². The number of aromatic nitrogens is 2. The lowest BCUT2D eigenvalue weighted by Crippen LogP contribution is -2.23. The van der Waals surface area contributed by atoms with Gasteiger partial charge in [0.1, 0.15) is 0 Å². The fourth-order valence-electron chi connectivity index (χ4n) is 2.96. The van der Waals surface area contributed by atoms with Crippen molar-refractivity contribution in [1.82, 2.24) is 15.5 Å². The van der Waals surface area contributed by atoms with Gasteiger partial charge in [-0.25, -0.2) is 0 Å². The van der Waals surface area contributed by atoms with Crippen molar-refractivity contribution in [2.24, 2.45) is 0 Å². The van der Waals surface area contributed by atoms with Gasteiger partial charge in [0, 0.05) is 24.1 Å². The maximum absolute atomic E-state index is 12.8. The third kappa shape index (κ3) is 5.44. The highest BCUT2D eigenvalue weighted by Crippen LogP contribution is 2.25. The van der Waals surface area contributed by atoms with Gasteiger partial charge in [0.05, 0.1) is 17.6 Å². The summed E-state index contributed by atoms with van der Waals surface area (Å²) in [6.07, 6.45) is 1.44. The van der Waals surface area contributed by atoms with Crippen molar-refractivity contribution in [1.29, 1.82) is 0 Å². The summed E-state index contributed by atoms with van der Waals surface area (Å²) in [5.74, 6) is 1.29. The molecule has 0 unspecified atom stereocenters. The minimum atomic E-state index is -0.334. The zero-order valence-corrected chi connectivity index (χ0v) is 18.0. The van der Waals surface area contributed by atoms with Gasteiger partial charge in [-0.3, -0.25) is 9.59 Å². The van der Waals surface area contributed by atoms with Crippen LogP contribution in [0.25, 0.3) is 0 Å². The number of amides is 2. The van der Waals surface area contributed by atoms with Gasteiger partial charge in [0.15, 0.2) is 11.6 Å². The Bertz CT molecular complexity index is 1220. The van der Waals surface area contributed by atoms with Gasteiger partial charge in [0.2, 0.25) is 5.89 Å². The molecule has 2 aromatic carbocycles. The number of anilines is 1. The van der Waals surface area contributed by atoms with Gasteiger partial charge in [-0.2, -0.15) is 4.98 Å². The van der Waals surface area contributed by atoms with E-state index in [0.717, 1.165) is 10.5 Å². The van der Waals surface area contributed by atoms with Crippen molar-refractivity contribution in [3.05, 3.63) is 95.5 Å². The predicted molar refractivity (Wildman–Crippen MR) is 119 cm³/mol. The van der Waals surface area contributed by atoms with Gasteiger partial charge in [-0.05, 0) is 42.0 Å². The summed E-state index contributed by atoms with van der Waals surface area (Å²) in [7, 11) is 0. The lowest BCUT2D eigenvalue weighted by Gasteiger charge is -2.10. The van der Waals surface area contributed by atoms with E-state index in [-0.39, 0.29) is 17.6 Å². The fraction of sp³-hybridized carbons (Fsp3) is 0.130. The van der Waals surface area contributed by atoms with Crippen LogP contribution in [0, 0.1) is 6.92 Å². The summed E-state index contributed by atoms with van der Waals surface area (Å²) in [4.78, 5) is 30.0. The molecule has 9 heteroatoms. The number of carbonyl (C=O) groups is 2. The Balaban J connectivity index is 1.37. The summed E-state index contributed by atoms with van der Waals surface area (Å²) < 4.78 is 10.1. The van der Waals surface area contributed by atoms with E-state index in [2.05, 4.69) is 20.8 Å². The topological polar surface area (TPSA) is 110 Å². The van der Waals surface area contributed by atoms with Crippen LogP contribution in [0.3, 0.4) is 0 Å². The highest BCUT2D eigenvalue weighted by atomic mass is 32.2. The summed E-state index contributed by atoms with van der Waals surface area (Å²) in [6, 6.07) is 17.9. The van der Waals surface area contributed by atoms with Crippen molar-refractivity contribution in [3.8, 4) is 0 Å². The van der Waals surface area contributed by atoms with E-state index in [4.69, 9.17) is 8.94 Å². The molecule has 0 saturated carbocycles. The molecule has 4 aromatic rings. The van der Waals surface area contributed by atoms with E-state index >= 15 is 0 Å². The number of benzene rings is 2.